The fraction of sp³-hybridized carbons (Fsp3) is 0.333. The van der Waals surface area contributed by atoms with Gasteiger partial charge in [0.15, 0.2) is 0 Å². The second-order valence-corrected chi connectivity index (χ2v) is 4.99. The molecule has 0 N–H and O–H groups in total. The van der Waals surface area contributed by atoms with Gasteiger partial charge >= 0.3 is 0 Å². The van der Waals surface area contributed by atoms with E-state index in [-0.39, 0.29) is 0 Å². The summed E-state index contributed by atoms with van der Waals surface area (Å²) in [4.78, 5) is 2.14. The highest BCUT2D eigenvalue weighted by Crippen LogP contribution is 2.17. The molecule has 3 nitrogen and oxygen atoms in total. The Morgan fingerprint density at radius 2 is 1.81 bits per heavy atom. The quantitative estimate of drug-likeness (QED) is 0.670. The summed E-state index contributed by atoms with van der Waals surface area (Å²) in [5, 5.41) is 4.08. The topological polar surface area (TPSA) is 9.72 Å². The SMILES string of the molecule is C=CN(Cc1ccc(C(=C)N(C)CC)cc1)N(C)/C=C\C. The maximum atomic E-state index is 4.14. The second kappa shape index (κ2) is 8.20. The van der Waals surface area contributed by atoms with Gasteiger partial charge in [0.2, 0.25) is 0 Å². The van der Waals surface area contributed by atoms with Crippen LogP contribution in [-0.4, -0.2) is 35.6 Å². The summed E-state index contributed by atoms with van der Waals surface area (Å²) in [5.74, 6) is 0. The number of hydrogen-bond donors (Lipinski definition) is 0. The van der Waals surface area contributed by atoms with Crippen molar-refractivity contribution in [2.75, 3.05) is 20.6 Å². The molecule has 3 heteroatoms. The van der Waals surface area contributed by atoms with Crippen molar-refractivity contribution in [3.05, 3.63) is 67.0 Å². The predicted molar refractivity (Wildman–Crippen MR) is 92.1 cm³/mol. The van der Waals surface area contributed by atoms with E-state index in [1.165, 1.54) is 5.56 Å². The Morgan fingerprint density at radius 1 is 1.19 bits per heavy atom. The van der Waals surface area contributed by atoms with E-state index in [0.717, 1.165) is 24.4 Å². The summed E-state index contributed by atoms with van der Waals surface area (Å²) in [6.45, 7) is 13.9. The fourth-order valence-corrected chi connectivity index (χ4v) is 2.01. The smallest absolute Gasteiger partial charge is 0.0639 e. The summed E-state index contributed by atoms with van der Waals surface area (Å²) in [6.07, 6.45) is 5.84. The van der Waals surface area contributed by atoms with Gasteiger partial charge in [0.25, 0.3) is 0 Å². The van der Waals surface area contributed by atoms with Crippen LogP contribution in [-0.2, 0) is 6.54 Å². The standard InChI is InChI=1S/C18H27N3/c1-7-14-20(6)21(9-3)15-17-10-12-18(13-11-17)16(4)19(5)8-2/h7,9-14H,3-4,8,15H2,1-2,5-6H3/b14-7-. The molecule has 0 fully saturated rings. The van der Waals surface area contributed by atoms with Crippen LogP contribution in [0.4, 0.5) is 0 Å². The van der Waals surface area contributed by atoms with Gasteiger partial charge < -0.3 is 4.90 Å². The Balaban J connectivity index is 2.78. The van der Waals surface area contributed by atoms with Crippen molar-refractivity contribution in [2.24, 2.45) is 0 Å². The molecule has 0 aliphatic rings. The minimum absolute atomic E-state index is 0.792. The van der Waals surface area contributed by atoms with Gasteiger partial charge in [0, 0.05) is 38.7 Å². The highest BCUT2D eigenvalue weighted by molar-refractivity contribution is 5.61. The molecule has 21 heavy (non-hydrogen) atoms. The first-order chi connectivity index (χ1) is 10.0. The monoisotopic (exact) mass is 285 g/mol. The third-order valence-corrected chi connectivity index (χ3v) is 3.55. The summed E-state index contributed by atoms with van der Waals surface area (Å²) < 4.78 is 0. The lowest BCUT2D eigenvalue weighted by Gasteiger charge is -2.29. The molecule has 1 aromatic carbocycles. The molecule has 0 atom stereocenters. The molecule has 0 aromatic heterocycles. The first kappa shape index (κ1) is 16.9. The molecule has 1 aromatic rings. The van der Waals surface area contributed by atoms with E-state index in [4.69, 9.17) is 0 Å². The zero-order chi connectivity index (χ0) is 15.8. The van der Waals surface area contributed by atoms with E-state index >= 15 is 0 Å². The van der Waals surface area contributed by atoms with Crippen molar-refractivity contribution < 1.29 is 0 Å². The number of nitrogens with zero attached hydrogens (tertiary/aromatic N) is 3. The van der Waals surface area contributed by atoms with Crippen molar-refractivity contribution in [3.8, 4) is 0 Å². The summed E-state index contributed by atoms with van der Waals surface area (Å²) in [6, 6.07) is 8.54. The third-order valence-electron chi connectivity index (χ3n) is 3.55. The first-order valence-electron chi connectivity index (χ1n) is 7.27. The maximum Gasteiger partial charge on any atom is 0.0639 e. The van der Waals surface area contributed by atoms with Gasteiger partial charge in [-0.1, -0.05) is 43.5 Å². The van der Waals surface area contributed by atoms with Crippen molar-refractivity contribution >= 4 is 5.70 Å². The molecule has 114 valence electrons. The Kier molecular flexibility index (Phi) is 6.60. The molecule has 0 saturated carbocycles. The lowest BCUT2D eigenvalue weighted by Crippen LogP contribution is -2.30. The predicted octanol–water partition coefficient (Wildman–Crippen LogP) is 3.93. The largest absolute Gasteiger partial charge is 0.375 e. The molecule has 0 amide bonds. The Bertz CT molecular complexity index is 488. The van der Waals surface area contributed by atoms with Gasteiger partial charge in [-0.25, -0.2) is 0 Å². The third kappa shape index (κ3) is 4.71. The Labute approximate surface area is 129 Å². The highest BCUT2D eigenvalue weighted by Gasteiger charge is 2.06. The van der Waals surface area contributed by atoms with Crippen molar-refractivity contribution in [3.63, 3.8) is 0 Å². The van der Waals surface area contributed by atoms with E-state index < -0.39 is 0 Å². The van der Waals surface area contributed by atoms with Crippen LogP contribution < -0.4 is 0 Å². The van der Waals surface area contributed by atoms with Crippen LogP contribution in [0.2, 0.25) is 0 Å². The Morgan fingerprint density at radius 3 is 2.29 bits per heavy atom. The van der Waals surface area contributed by atoms with Crippen LogP contribution in [0, 0.1) is 0 Å². The van der Waals surface area contributed by atoms with Gasteiger partial charge in [-0.3, -0.25) is 10.0 Å². The number of rotatable bonds is 8. The van der Waals surface area contributed by atoms with Gasteiger partial charge in [0.05, 0.1) is 6.54 Å². The molecule has 0 bridgehead atoms. The zero-order valence-corrected chi connectivity index (χ0v) is 13.7. The molecular weight excluding hydrogens is 258 g/mol. The van der Waals surface area contributed by atoms with Crippen LogP contribution in [0.3, 0.4) is 0 Å². The Hall–Kier alpha value is -2.16. The van der Waals surface area contributed by atoms with Crippen molar-refractivity contribution in [1.82, 2.24) is 14.9 Å². The van der Waals surface area contributed by atoms with Gasteiger partial charge in [-0.15, -0.1) is 0 Å². The van der Waals surface area contributed by atoms with Gasteiger partial charge in [-0.2, -0.15) is 0 Å². The number of benzene rings is 1. The lowest BCUT2D eigenvalue weighted by atomic mass is 10.1. The highest BCUT2D eigenvalue weighted by atomic mass is 15.6. The molecule has 1 rings (SSSR count). The summed E-state index contributed by atoms with van der Waals surface area (Å²) in [7, 11) is 4.07. The summed E-state index contributed by atoms with van der Waals surface area (Å²) in [5.41, 5.74) is 3.45. The van der Waals surface area contributed by atoms with Crippen LogP contribution >= 0.6 is 0 Å². The van der Waals surface area contributed by atoms with Crippen LogP contribution in [0.25, 0.3) is 5.70 Å². The zero-order valence-electron chi connectivity index (χ0n) is 13.7. The van der Waals surface area contributed by atoms with E-state index in [2.05, 4.69) is 61.3 Å². The average molecular weight is 285 g/mol. The first-order valence-corrected chi connectivity index (χ1v) is 7.27. The van der Waals surface area contributed by atoms with Gasteiger partial charge in [0.1, 0.15) is 0 Å². The van der Waals surface area contributed by atoms with Crippen LogP contribution in [0.15, 0.2) is 55.9 Å². The molecule has 0 aliphatic heterocycles. The summed E-state index contributed by atoms with van der Waals surface area (Å²) >= 11 is 0. The number of hydrazine groups is 1. The molecule has 0 radical (unpaired) electrons. The van der Waals surface area contributed by atoms with Crippen LogP contribution in [0.5, 0.6) is 0 Å². The van der Waals surface area contributed by atoms with E-state index in [9.17, 15) is 0 Å². The van der Waals surface area contributed by atoms with Gasteiger partial charge in [-0.05, 0) is 25.0 Å². The normalized spacial score (nSPS) is 10.5. The molecule has 0 saturated heterocycles. The molecule has 0 spiro atoms. The second-order valence-electron chi connectivity index (χ2n) is 4.99. The maximum absolute atomic E-state index is 4.14. The minimum atomic E-state index is 0.792. The minimum Gasteiger partial charge on any atom is -0.375 e. The fourth-order valence-electron chi connectivity index (χ4n) is 2.01. The molecule has 0 heterocycles. The molecular formula is C18H27N3. The van der Waals surface area contributed by atoms with Crippen LogP contribution in [0.1, 0.15) is 25.0 Å². The number of allylic oxidation sites excluding steroid dienone is 1. The van der Waals surface area contributed by atoms with E-state index in [0.29, 0.717) is 0 Å². The number of hydrogen-bond acceptors (Lipinski definition) is 3. The van der Waals surface area contributed by atoms with E-state index in [1.54, 1.807) is 0 Å². The van der Waals surface area contributed by atoms with Crippen molar-refractivity contribution in [2.45, 2.75) is 20.4 Å². The van der Waals surface area contributed by atoms with Crippen molar-refractivity contribution in [1.29, 1.82) is 0 Å². The molecule has 0 aliphatic carbocycles. The van der Waals surface area contributed by atoms with E-state index in [1.807, 2.05) is 37.5 Å². The average Bonchev–Trinajstić information content (AvgIpc) is 2.51. The lowest BCUT2D eigenvalue weighted by molar-refractivity contribution is 0.0996. The molecule has 0 unspecified atom stereocenters.